The van der Waals surface area contributed by atoms with Crippen LogP contribution in [0.1, 0.15) is 5.56 Å². The Morgan fingerprint density at radius 1 is 1.05 bits per heavy atom. The Morgan fingerprint density at radius 2 is 1.80 bits per heavy atom. The molecule has 20 heavy (non-hydrogen) atoms. The van der Waals surface area contributed by atoms with Crippen molar-refractivity contribution in [1.82, 2.24) is 0 Å². The van der Waals surface area contributed by atoms with E-state index in [9.17, 15) is 4.79 Å². The summed E-state index contributed by atoms with van der Waals surface area (Å²) in [5.74, 6) is 0. The molecule has 1 heterocycles. The molecule has 0 radical (unpaired) electrons. The minimum atomic E-state index is -0.00619. The molecule has 0 unspecified atom stereocenters. The van der Waals surface area contributed by atoms with E-state index in [0.29, 0.717) is 28.1 Å². The van der Waals surface area contributed by atoms with Gasteiger partial charge in [0, 0.05) is 17.3 Å². The largest absolute Gasteiger partial charge is 0.464 e. The van der Waals surface area contributed by atoms with Crippen LogP contribution in [0.2, 0.25) is 5.02 Å². The number of benzene rings is 2. The molecule has 0 bridgehead atoms. The molecule has 0 aliphatic carbocycles. The molecule has 3 rings (SSSR count). The van der Waals surface area contributed by atoms with E-state index in [2.05, 4.69) is 5.32 Å². The van der Waals surface area contributed by atoms with Gasteiger partial charge in [-0.3, -0.25) is 4.79 Å². The van der Waals surface area contributed by atoms with Gasteiger partial charge in [-0.25, -0.2) is 0 Å². The first-order chi connectivity index (χ1) is 9.74. The van der Waals surface area contributed by atoms with Gasteiger partial charge < -0.3 is 9.73 Å². The monoisotopic (exact) mass is 285 g/mol. The molecule has 0 atom stereocenters. The first-order valence-corrected chi connectivity index (χ1v) is 6.61. The van der Waals surface area contributed by atoms with E-state index < -0.39 is 0 Å². The topological polar surface area (TPSA) is 42.2 Å². The van der Waals surface area contributed by atoms with Gasteiger partial charge in [-0.15, -0.1) is 0 Å². The Kier molecular flexibility index (Phi) is 3.44. The summed E-state index contributed by atoms with van der Waals surface area (Å²) in [7, 11) is 0. The average Bonchev–Trinajstić information content (AvgIpc) is 2.49. The van der Waals surface area contributed by atoms with Crippen molar-refractivity contribution in [2.75, 3.05) is 5.32 Å². The fourth-order valence-corrected chi connectivity index (χ4v) is 2.13. The van der Waals surface area contributed by atoms with Gasteiger partial charge in [0.2, 0.25) is 0 Å². The Labute approximate surface area is 120 Å². The van der Waals surface area contributed by atoms with E-state index in [1.165, 1.54) is 6.26 Å². The lowest BCUT2D eigenvalue weighted by Crippen LogP contribution is -2.12. The fraction of sp³-hybridized carbons (Fsp3) is 0.0625. The average molecular weight is 286 g/mol. The Morgan fingerprint density at radius 3 is 2.60 bits per heavy atom. The zero-order valence-electron chi connectivity index (χ0n) is 10.6. The van der Waals surface area contributed by atoms with Gasteiger partial charge in [0.1, 0.15) is 5.58 Å². The number of anilines is 1. The van der Waals surface area contributed by atoms with E-state index in [-0.39, 0.29) is 5.43 Å². The second kappa shape index (κ2) is 5.39. The van der Waals surface area contributed by atoms with E-state index in [4.69, 9.17) is 16.0 Å². The summed E-state index contributed by atoms with van der Waals surface area (Å²) in [6.07, 6.45) is 1.51. The number of rotatable bonds is 3. The third-order valence-corrected chi connectivity index (χ3v) is 3.33. The van der Waals surface area contributed by atoms with E-state index in [0.717, 1.165) is 5.69 Å². The van der Waals surface area contributed by atoms with E-state index in [1.807, 2.05) is 24.3 Å². The molecule has 1 N–H and O–H groups in total. The second-order valence-corrected chi connectivity index (χ2v) is 4.88. The van der Waals surface area contributed by atoms with Crippen molar-refractivity contribution in [2.24, 2.45) is 0 Å². The summed E-state index contributed by atoms with van der Waals surface area (Å²) >= 11 is 5.83. The Balaban J connectivity index is 1.86. The Hall–Kier alpha value is -2.26. The highest BCUT2D eigenvalue weighted by Gasteiger charge is 2.06. The maximum Gasteiger partial charge on any atom is 0.197 e. The van der Waals surface area contributed by atoms with Crippen molar-refractivity contribution in [1.29, 1.82) is 0 Å². The molecule has 4 heteroatoms. The zero-order chi connectivity index (χ0) is 13.9. The van der Waals surface area contributed by atoms with Gasteiger partial charge in [0.15, 0.2) is 5.43 Å². The van der Waals surface area contributed by atoms with Gasteiger partial charge >= 0.3 is 0 Å². The molecule has 0 saturated carbocycles. The van der Waals surface area contributed by atoms with Crippen LogP contribution >= 0.6 is 11.6 Å². The van der Waals surface area contributed by atoms with Crippen LogP contribution < -0.4 is 10.7 Å². The maximum atomic E-state index is 12.3. The normalized spacial score (nSPS) is 10.7. The summed E-state index contributed by atoms with van der Waals surface area (Å²) in [4.78, 5) is 12.3. The predicted octanol–water partition coefficient (Wildman–Crippen LogP) is 4.06. The van der Waals surface area contributed by atoms with Crippen LogP contribution in [0.5, 0.6) is 0 Å². The molecule has 3 nitrogen and oxygen atoms in total. The summed E-state index contributed by atoms with van der Waals surface area (Å²) in [5.41, 5.74) is 2.10. The molecular weight excluding hydrogens is 274 g/mol. The van der Waals surface area contributed by atoms with Crippen LogP contribution in [0.25, 0.3) is 11.0 Å². The van der Waals surface area contributed by atoms with Gasteiger partial charge in [0.25, 0.3) is 0 Å². The second-order valence-electron chi connectivity index (χ2n) is 4.45. The lowest BCUT2D eigenvalue weighted by molar-refractivity contribution is 0.594. The Bertz CT molecular complexity index is 793. The van der Waals surface area contributed by atoms with Crippen LogP contribution in [-0.2, 0) is 6.54 Å². The van der Waals surface area contributed by atoms with Crippen LogP contribution in [0.3, 0.4) is 0 Å². The van der Waals surface area contributed by atoms with E-state index >= 15 is 0 Å². The molecule has 0 aliphatic heterocycles. The predicted molar refractivity (Wildman–Crippen MR) is 81.3 cm³/mol. The summed E-state index contributed by atoms with van der Waals surface area (Å²) in [5, 5.41) is 4.46. The van der Waals surface area contributed by atoms with Crippen LogP contribution in [0.15, 0.2) is 64.0 Å². The van der Waals surface area contributed by atoms with Crippen molar-refractivity contribution in [3.63, 3.8) is 0 Å². The zero-order valence-corrected chi connectivity index (χ0v) is 11.4. The van der Waals surface area contributed by atoms with Crippen LogP contribution in [0, 0.1) is 0 Å². The number of hydrogen-bond donors (Lipinski definition) is 1. The highest BCUT2D eigenvalue weighted by atomic mass is 35.5. The van der Waals surface area contributed by atoms with Crippen molar-refractivity contribution < 1.29 is 4.42 Å². The molecule has 0 amide bonds. The van der Waals surface area contributed by atoms with Gasteiger partial charge in [-0.2, -0.15) is 0 Å². The summed E-state index contributed by atoms with van der Waals surface area (Å²) in [6.45, 7) is 0.412. The number of fused-ring (bicyclic) bond motifs is 1. The maximum absolute atomic E-state index is 12.3. The number of hydrogen-bond acceptors (Lipinski definition) is 3. The standard InChI is InChI=1S/C16H12ClNO2/c17-12-5-7-13(8-6-12)18-9-11-10-20-15-4-2-1-3-14(15)16(11)19/h1-8,10,18H,9H2. The molecule has 2 aromatic carbocycles. The quantitative estimate of drug-likeness (QED) is 0.789. The lowest BCUT2D eigenvalue weighted by atomic mass is 10.1. The lowest BCUT2D eigenvalue weighted by Gasteiger charge is -2.06. The molecule has 100 valence electrons. The third-order valence-electron chi connectivity index (χ3n) is 3.08. The SMILES string of the molecule is O=c1c(CNc2ccc(Cl)cc2)coc2ccccc12. The molecule has 0 aliphatic rings. The summed E-state index contributed by atoms with van der Waals surface area (Å²) in [6, 6.07) is 14.6. The smallest absolute Gasteiger partial charge is 0.197 e. The molecule has 0 saturated heterocycles. The van der Waals surface area contributed by atoms with Crippen LogP contribution in [0.4, 0.5) is 5.69 Å². The van der Waals surface area contributed by atoms with Gasteiger partial charge in [-0.1, -0.05) is 23.7 Å². The van der Waals surface area contributed by atoms with Crippen molar-refractivity contribution in [2.45, 2.75) is 6.54 Å². The number of para-hydroxylation sites is 1. The first-order valence-electron chi connectivity index (χ1n) is 6.23. The molecule has 1 aromatic heterocycles. The molecular formula is C16H12ClNO2. The highest BCUT2D eigenvalue weighted by Crippen LogP contribution is 2.15. The minimum absolute atomic E-state index is 0.00619. The van der Waals surface area contributed by atoms with E-state index in [1.54, 1.807) is 24.3 Å². The van der Waals surface area contributed by atoms with Gasteiger partial charge in [-0.05, 0) is 36.4 Å². The highest BCUT2D eigenvalue weighted by molar-refractivity contribution is 6.30. The van der Waals surface area contributed by atoms with Gasteiger partial charge in [0.05, 0.1) is 17.2 Å². The van der Waals surface area contributed by atoms with Crippen molar-refractivity contribution in [3.8, 4) is 0 Å². The van der Waals surface area contributed by atoms with Crippen molar-refractivity contribution in [3.05, 3.63) is 75.6 Å². The van der Waals surface area contributed by atoms with Crippen LogP contribution in [-0.4, -0.2) is 0 Å². The minimum Gasteiger partial charge on any atom is -0.464 e. The first kappa shape index (κ1) is 12.8. The number of nitrogens with one attached hydrogen (secondary N) is 1. The molecule has 0 spiro atoms. The fourth-order valence-electron chi connectivity index (χ4n) is 2.01. The van der Waals surface area contributed by atoms with Crippen molar-refractivity contribution >= 4 is 28.3 Å². The third kappa shape index (κ3) is 2.53. The summed E-state index contributed by atoms with van der Waals surface area (Å²) < 4.78 is 5.47. The molecule has 0 fully saturated rings. The molecule has 3 aromatic rings. The number of halogens is 1.